The Bertz CT molecular complexity index is 1020. The van der Waals surface area contributed by atoms with Crippen molar-refractivity contribution in [3.8, 4) is 0 Å². The number of hydrogen-bond acceptors (Lipinski definition) is 3. The smallest absolute Gasteiger partial charge is 0.254 e. The van der Waals surface area contributed by atoms with Crippen LogP contribution in [0.15, 0.2) is 73.1 Å². The Kier molecular flexibility index (Phi) is 4.89. The number of pyridine rings is 1. The first-order chi connectivity index (χ1) is 13.6. The number of aryl methyl sites for hydroxylation is 1. The molecule has 0 saturated heterocycles. The quantitative estimate of drug-likeness (QED) is 0.689. The second-order valence-electron chi connectivity index (χ2n) is 6.94. The van der Waals surface area contributed by atoms with Gasteiger partial charge < -0.3 is 9.80 Å². The fourth-order valence-corrected chi connectivity index (χ4v) is 3.54. The van der Waals surface area contributed by atoms with Crippen molar-refractivity contribution in [1.29, 1.82) is 0 Å². The van der Waals surface area contributed by atoms with Crippen LogP contribution in [-0.4, -0.2) is 28.2 Å². The molecule has 0 spiro atoms. The molecule has 0 unspecified atom stereocenters. The molecule has 2 aromatic carbocycles. The molecule has 4 rings (SSSR count). The number of benzene rings is 2. The molecule has 1 aliphatic rings. The molecule has 28 heavy (non-hydrogen) atoms. The van der Waals surface area contributed by atoms with Gasteiger partial charge in [-0.1, -0.05) is 36.4 Å². The molecular formula is C23H21N3O2. The molecule has 2 amide bonds. The maximum atomic E-state index is 13.3. The minimum Gasteiger partial charge on any atom is -0.325 e. The molecule has 0 fully saturated rings. The molecule has 140 valence electrons. The van der Waals surface area contributed by atoms with Crippen LogP contribution in [0.5, 0.6) is 0 Å². The van der Waals surface area contributed by atoms with E-state index in [9.17, 15) is 9.59 Å². The largest absolute Gasteiger partial charge is 0.325 e. The van der Waals surface area contributed by atoms with Gasteiger partial charge in [0.1, 0.15) is 6.54 Å². The van der Waals surface area contributed by atoms with Gasteiger partial charge in [0.2, 0.25) is 5.91 Å². The molecule has 3 aromatic rings. The highest BCUT2D eigenvalue weighted by Gasteiger charge is 2.30. The second-order valence-corrected chi connectivity index (χ2v) is 6.94. The lowest BCUT2D eigenvalue weighted by Gasteiger charge is -2.27. The Labute approximate surface area is 164 Å². The van der Waals surface area contributed by atoms with E-state index in [1.54, 1.807) is 22.2 Å². The molecule has 2 heterocycles. The van der Waals surface area contributed by atoms with Crippen LogP contribution in [0.2, 0.25) is 0 Å². The molecule has 5 heteroatoms. The summed E-state index contributed by atoms with van der Waals surface area (Å²) in [6, 6.07) is 19.1. The predicted octanol–water partition coefficient (Wildman–Crippen LogP) is 3.58. The fraction of sp³-hybridized carbons (Fsp3) is 0.174. The van der Waals surface area contributed by atoms with E-state index in [0.717, 1.165) is 22.4 Å². The van der Waals surface area contributed by atoms with Crippen molar-refractivity contribution >= 4 is 17.5 Å². The van der Waals surface area contributed by atoms with Crippen molar-refractivity contribution in [2.75, 3.05) is 11.4 Å². The second kappa shape index (κ2) is 7.64. The van der Waals surface area contributed by atoms with Gasteiger partial charge in [0.25, 0.3) is 5.91 Å². The minimum atomic E-state index is -0.104. The molecule has 1 aliphatic heterocycles. The molecule has 0 bridgehead atoms. The predicted molar refractivity (Wildman–Crippen MR) is 108 cm³/mol. The summed E-state index contributed by atoms with van der Waals surface area (Å²) in [6.45, 7) is 2.94. The number of hydrogen-bond donors (Lipinski definition) is 0. The lowest BCUT2D eigenvalue weighted by atomic mass is 10.1. The number of para-hydroxylation sites is 1. The van der Waals surface area contributed by atoms with Crippen molar-refractivity contribution in [3.05, 3.63) is 95.3 Å². The van der Waals surface area contributed by atoms with Crippen LogP contribution >= 0.6 is 0 Å². The van der Waals surface area contributed by atoms with Crippen molar-refractivity contribution in [3.63, 3.8) is 0 Å². The van der Waals surface area contributed by atoms with Crippen molar-refractivity contribution in [1.82, 2.24) is 9.88 Å². The molecule has 0 radical (unpaired) electrons. The highest BCUT2D eigenvalue weighted by atomic mass is 16.2. The van der Waals surface area contributed by atoms with Crippen LogP contribution in [-0.2, 0) is 17.9 Å². The van der Waals surface area contributed by atoms with E-state index in [1.165, 1.54) is 0 Å². The van der Waals surface area contributed by atoms with E-state index in [-0.39, 0.29) is 18.4 Å². The average Bonchev–Trinajstić information content (AvgIpc) is 3.03. The zero-order chi connectivity index (χ0) is 19.5. The minimum absolute atomic E-state index is 0.0485. The van der Waals surface area contributed by atoms with Crippen molar-refractivity contribution < 1.29 is 9.59 Å². The maximum absolute atomic E-state index is 13.3. The molecule has 1 aromatic heterocycles. The monoisotopic (exact) mass is 371 g/mol. The van der Waals surface area contributed by atoms with E-state index in [4.69, 9.17) is 0 Å². The van der Waals surface area contributed by atoms with Gasteiger partial charge in [-0.15, -0.1) is 0 Å². The summed E-state index contributed by atoms with van der Waals surface area (Å²) in [7, 11) is 0. The van der Waals surface area contributed by atoms with Gasteiger partial charge in [0, 0.05) is 30.2 Å². The van der Waals surface area contributed by atoms with Gasteiger partial charge in [0.05, 0.1) is 6.54 Å². The number of nitrogens with zero attached hydrogens (tertiary/aromatic N) is 3. The van der Waals surface area contributed by atoms with Crippen LogP contribution < -0.4 is 4.90 Å². The number of fused-ring (bicyclic) bond motifs is 1. The lowest BCUT2D eigenvalue weighted by Crippen LogP contribution is -2.40. The van der Waals surface area contributed by atoms with E-state index in [1.807, 2.05) is 67.6 Å². The lowest BCUT2D eigenvalue weighted by molar-refractivity contribution is -0.119. The van der Waals surface area contributed by atoms with E-state index in [0.29, 0.717) is 18.7 Å². The zero-order valence-corrected chi connectivity index (χ0v) is 15.7. The average molecular weight is 371 g/mol. The number of carbonyl (C=O) groups excluding carboxylic acids is 2. The van der Waals surface area contributed by atoms with Gasteiger partial charge >= 0.3 is 0 Å². The standard InChI is InChI=1S/C23H21N3O2/c1-17-6-2-5-9-21(17)26(14-18-10-12-24-13-11-18)22(27)16-25-15-19-7-3-4-8-20(19)23(25)28/h2-13H,14-16H2,1H3. The van der Waals surface area contributed by atoms with E-state index >= 15 is 0 Å². The number of anilines is 1. The van der Waals surface area contributed by atoms with Gasteiger partial charge in [0.15, 0.2) is 0 Å². The summed E-state index contributed by atoms with van der Waals surface area (Å²) in [5, 5.41) is 0. The van der Waals surface area contributed by atoms with Gasteiger partial charge in [-0.3, -0.25) is 14.6 Å². The molecule has 0 atom stereocenters. The van der Waals surface area contributed by atoms with Gasteiger partial charge in [-0.25, -0.2) is 0 Å². The van der Waals surface area contributed by atoms with E-state index < -0.39 is 0 Å². The Morgan fingerprint density at radius 2 is 1.75 bits per heavy atom. The maximum Gasteiger partial charge on any atom is 0.254 e. The number of rotatable bonds is 5. The summed E-state index contributed by atoms with van der Waals surface area (Å²) in [5.74, 6) is -0.190. The SMILES string of the molecule is Cc1ccccc1N(Cc1ccncc1)C(=O)CN1Cc2ccccc2C1=O. The Morgan fingerprint density at radius 1 is 1.04 bits per heavy atom. The van der Waals surface area contributed by atoms with Gasteiger partial charge in [-0.05, 0) is 47.9 Å². The van der Waals surface area contributed by atoms with Crippen LogP contribution in [0.25, 0.3) is 0 Å². The number of aromatic nitrogens is 1. The number of carbonyl (C=O) groups is 2. The number of amides is 2. The first-order valence-electron chi connectivity index (χ1n) is 9.25. The summed E-state index contributed by atoms with van der Waals surface area (Å²) in [4.78, 5) is 33.3. The highest BCUT2D eigenvalue weighted by Crippen LogP contribution is 2.25. The fourth-order valence-electron chi connectivity index (χ4n) is 3.54. The summed E-state index contributed by atoms with van der Waals surface area (Å²) >= 11 is 0. The summed E-state index contributed by atoms with van der Waals surface area (Å²) in [6.07, 6.45) is 3.44. The topological polar surface area (TPSA) is 53.5 Å². The third-order valence-corrected chi connectivity index (χ3v) is 5.02. The molecule has 0 N–H and O–H groups in total. The Hall–Kier alpha value is -3.47. The third-order valence-electron chi connectivity index (χ3n) is 5.02. The summed E-state index contributed by atoms with van der Waals surface area (Å²) in [5.41, 5.74) is 4.51. The summed E-state index contributed by atoms with van der Waals surface area (Å²) < 4.78 is 0. The van der Waals surface area contributed by atoms with Crippen LogP contribution in [0.3, 0.4) is 0 Å². The first kappa shape index (κ1) is 17.9. The first-order valence-corrected chi connectivity index (χ1v) is 9.25. The zero-order valence-electron chi connectivity index (χ0n) is 15.7. The van der Waals surface area contributed by atoms with Crippen LogP contribution in [0.1, 0.15) is 27.0 Å². The van der Waals surface area contributed by atoms with Crippen molar-refractivity contribution in [2.45, 2.75) is 20.0 Å². The third kappa shape index (κ3) is 3.51. The molecule has 5 nitrogen and oxygen atoms in total. The van der Waals surface area contributed by atoms with Crippen LogP contribution in [0, 0.1) is 6.92 Å². The highest BCUT2D eigenvalue weighted by molar-refractivity contribution is 6.03. The molecule has 0 aliphatic carbocycles. The normalized spacial score (nSPS) is 12.8. The Morgan fingerprint density at radius 3 is 2.50 bits per heavy atom. The molecular weight excluding hydrogens is 350 g/mol. The van der Waals surface area contributed by atoms with Crippen LogP contribution in [0.4, 0.5) is 5.69 Å². The van der Waals surface area contributed by atoms with Gasteiger partial charge in [-0.2, -0.15) is 0 Å². The van der Waals surface area contributed by atoms with E-state index in [2.05, 4.69) is 4.98 Å². The Balaban J connectivity index is 1.59. The molecule has 0 saturated carbocycles. The van der Waals surface area contributed by atoms with Crippen molar-refractivity contribution in [2.24, 2.45) is 0 Å².